The summed E-state index contributed by atoms with van der Waals surface area (Å²) in [6.07, 6.45) is 0. The first kappa shape index (κ1) is 7.57. The molecule has 4 heteroatoms. The molecular formula is C6H5ClO2S. The Morgan fingerprint density at radius 2 is 2.50 bits per heavy atom. The number of carbonyl (C=O) groups is 1. The number of aliphatic carboxylic acids is 1. The Bertz CT molecular complexity index is 220. The topological polar surface area (TPSA) is 37.3 Å². The van der Waals surface area contributed by atoms with Gasteiger partial charge in [0.15, 0.2) is 5.38 Å². The van der Waals surface area contributed by atoms with Gasteiger partial charge in [-0.2, -0.15) is 0 Å². The Kier molecular flexibility index (Phi) is 2.29. The lowest BCUT2D eigenvalue weighted by Gasteiger charge is -1.97. The predicted octanol–water partition coefficient (Wildman–Crippen LogP) is 2.11. The largest absolute Gasteiger partial charge is 0.480 e. The van der Waals surface area contributed by atoms with Crippen LogP contribution < -0.4 is 0 Å². The SMILES string of the molecule is O=C(O)[C@@H](Cl)c1cccs1. The van der Waals surface area contributed by atoms with Gasteiger partial charge in [0.05, 0.1) is 0 Å². The Morgan fingerprint density at radius 3 is 2.90 bits per heavy atom. The monoisotopic (exact) mass is 176 g/mol. The zero-order valence-electron chi connectivity index (χ0n) is 4.95. The van der Waals surface area contributed by atoms with Crippen LogP contribution in [-0.2, 0) is 4.79 Å². The second kappa shape index (κ2) is 3.03. The first-order valence-electron chi connectivity index (χ1n) is 2.62. The summed E-state index contributed by atoms with van der Waals surface area (Å²) in [6, 6.07) is 3.48. The first-order valence-corrected chi connectivity index (χ1v) is 3.93. The predicted molar refractivity (Wildman–Crippen MR) is 40.5 cm³/mol. The third-order valence-electron chi connectivity index (χ3n) is 1.01. The maximum Gasteiger partial charge on any atom is 0.327 e. The molecule has 1 heterocycles. The van der Waals surface area contributed by atoms with Crippen molar-refractivity contribution in [2.45, 2.75) is 5.38 Å². The highest BCUT2D eigenvalue weighted by Crippen LogP contribution is 2.24. The van der Waals surface area contributed by atoms with Crippen molar-refractivity contribution >= 4 is 28.9 Å². The van der Waals surface area contributed by atoms with Gasteiger partial charge in [-0.05, 0) is 11.4 Å². The number of halogens is 1. The molecule has 2 nitrogen and oxygen atoms in total. The molecule has 0 aliphatic carbocycles. The van der Waals surface area contributed by atoms with Crippen LogP contribution in [0.5, 0.6) is 0 Å². The van der Waals surface area contributed by atoms with Gasteiger partial charge in [-0.15, -0.1) is 22.9 Å². The molecule has 0 saturated heterocycles. The van der Waals surface area contributed by atoms with Crippen LogP contribution in [-0.4, -0.2) is 11.1 Å². The minimum atomic E-state index is -0.996. The van der Waals surface area contributed by atoms with Crippen LogP contribution in [0.1, 0.15) is 10.3 Å². The maximum absolute atomic E-state index is 10.3. The van der Waals surface area contributed by atoms with Crippen LogP contribution in [0.15, 0.2) is 17.5 Å². The fourth-order valence-electron chi connectivity index (χ4n) is 0.557. The second-order valence-corrected chi connectivity index (χ2v) is 3.13. The summed E-state index contributed by atoms with van der Waals surface area (Å²) in [7, 11) is 0. The summed E-state index contributed by atoms with van der Waals surface area (Å²) in [5.74, 6) is -0.996. The van der Waals surface area contributed by atoms with Gasteiger partial charge >= 0.3 is 5.97 Å². The van der Waals surface area contributed by atoms with Gasteiger partial charge in [0.2, 0.25) is 0 Å². The fourth-order valence-corrected chi connectivity index (χ4v) is 1.48. The van der Waals surface area contributed by atoms with Crippen molar-refractivity contribution in [3.63, 3.8) is 0 Å². The molecule has 0 saturated carbocycles. The van der Waals surface area contributed by atoms with E-state index in [0.717, 1.165) is 0 Å². The Hall–Kier alpha value is -0.540. The van der Waals surface area contributed by atoms with Gasteiger partial charge in [0.25, 0.3) is 0 Å². The molecule has 0 bridgehead atoms. The third-order valence-corrected chi connectivity index (χ3v) is 2.50. The van der Waals surface area contributed by atoms with Crippen LogP contribution in [0, 0.1) is 0 Å². The number of carboxylic acid groups (broad SMARTS) is 1. The summed E-state index contributed by atoms with van der Waals surface area (Å²) in [5.41, 5.74) is 0. The molecule has 10 heavy (non-hydrogen) atoms. The van der Waals surface area contributed by atoms with Gasteiger partial charge < -0.3 is 5.11 Å². The molecule has 1 N–H and O–H groups in total. The Balaban J connectivity index is 2.77. The summed E-state index contributed by atoms with van der Waals surface area (Å²) in [5, 5.41) is 9.34. The molecule has 1 atom stereocenters. The van der Waals surface area contributed by atoms with Crippen molar-refractivity contribution in [1.82, 2.24) is 0 Å². The summed E-state index contributed by atoms with van der Waals surface area (Å²) >= 11 is 6.84. The fraction of sp³-hybridized carbons (Fsp3) is 0.167. The van der Waals surface area contributed by atoms with E-state index in [9.17, 15) is 4.79 Å². The van der Waals surface area contributed by atoms with Crippen molar-refractivity contribution in [3.05, 3.63) is 22.4 Å². The Labute approximate surface area is 67.1 Å². The van der Waals surface area contributed by atoms with Crippen LogP contribution in [0.2, 0.25) is 0 Å². The van der Waals surface area contributed by atoms with E-state index in [1.165, 1.54) is 11.3 Å². The molecule has 0 spiro atoms. The van der Waals surface area contributed by atoms with E-state index in [1.807, 2.05) is 0 Å². The normalized spacial score (nSPS) is 12.9. The second-order valence-electron chi connectivity index (χ2n) is 1.72. The molecule has 1 aromatic rings. The lowest BCUT2D eigenvalue weighted by Crippen LogP contribution is -2.02. The number of alkyl halides is 1. The van der Waals surface area contributed by atoms with Crippen molar-refractivity contribution in [2.24, 2.45) is 0 Å². The maximum atomic E-state index is 10.3. The van der Waals surface area contributed by atoms with E-state index in [0.29, 0.717) is 4.88 Å². The molecule has 0 aliphatic rings. The van der Waals surface area contributed by atoms with Crippen LogP contribution in [0.25, 0.3) is 0 Å². The Morgan fingerprint density at radius 1 is 1.80 bits per heavy atom. The highest BCUT2D eigenvalue weighted by atomic mass is 35.5. The molecule has 54 valence electrons. The van der Waals surface area contributed by atoms with Crippen molar-refractivity contribution in [3.8, 4) is 0 Å². The molecule has 1 aromatic heterocycles. The highest BCUT2D eigenvalue weighted by molar-refractivity contribution is 7.10. The third kappa shape index (κ3) is 1.49. The van der Waals surface area contributed by atoms with Gasteiger partial charge in [0, 0.05) is 4.88 Å². The number of carboxylic acids is 1. The average Bonchev–Trinajstić information content (AvgIpc) is 2.36. The summed E-state index contributed by atoms with van der Waals surface area (Å²) in [6.45, 7) is 0. The minimum absolute atomic E-state index is 0.675. The van der Waals surface area contributed by atoms with Gasteiger partial charge in [-0.25, -0.2) is 0 Å². The number of hydrogen-bond acceptors (Lipinski definition) is 2. The smallest absolute Gasteiger partial charge is 0.327 e. The minimum Gasteiger partial charge on any atom is -0.480 e. The van der Waals surface area contributed by atoms with E-state index >= 15 is 0 Å². The molecule has 0 unspecified atom stereocenters. The van der Waals surface area contributed by atoms with E-state index in [-0.39, 0.29) is 0 Å². The molecule has 0 aliphatic heterocycles. The van der Waals surface area contributed by atoms with E-state index < -0.39 is 11.3 Å². The molecular weight excluding hydrogens is 172 g/mol. The molecule has 1 rings (SSSR count). The standard InChI is InChI=1S/C6H5ClO2S/c7-5(6(8)9)4-2-1-3-10-4/h1-3,5H,(H,8,9)/t5-/m0/s1. The van der Waals surface area contributed by atoms with E-state index in [4.69, 9.17) is 16.7 Å². The van der Waals surface area contributed by atoms with E-state index in [1.54, 1.807) is 17.5 Å². The van der Waals surface area contributed by atoms with Gasteiger partial charge in [-0.1, -0.05) is 6.07 Å². The van der Waals surface area contributed by atoms with Gasteiger partial charge in [0.1, 0.15) is 0 Å². The first-order chi connectivity index (χ1) is 4.72. The lowest BCUT2D eigenvalue weighted by molar-refractivity contribution is -0.136. The zero-order chi connectivity index (χ0) is 7.56. The summed E-state index contributed by atoms with van der Waals surface area (Å²) in [4.78, 5) is 10.9. The van der Waals surface area contributed by atoms with Crippen molar-refractivity contribution in [1.29, 1.82) is 0 Å². The molecule has 0 amide bonds. The lowest BCUT2D eigenvalue weighted by atomic mass is 10.3. The average molecular weight is 177 g/mol. The van der Waals surface area contributed by atoms with Crippen molar-refractivity contribution < 1.29 is 9.90 Å². The number of thiophene rings is 1. The molecule has 0 radical (unpaired) electrons. The number of rotatable bonds is 2. The quantitative estimate of drug-likeness (QED) is 0.701. The van der Waals surface area contributed by atoms with Crippen LogP contribution in [0.4, 0.5) is 0 Å². The molecule has 0 aromatic carbocycles. The highest BCUT2D eigenvalue weighted by Gasteiger charge is 2.16. The van der Waals surface area contributed by atoms with E-state index in [2.05, 4.69) is 0 Å². The molecule has 0 fully saturated rings. The summed E-state index contributed by atoms with van der Waals surface area (Å²) < 4.78 is 0. The number of hydrogen-bond donors (Lipinski definition) is 1. The van der Waals surface area contributed by atoms with Crippen molar-refractivity contribution in [2.75, 3.05) is 0 Å². The van der Waals surface area contributed by atoms with Crippen LogP contribution >= 0.6 is 22.9 Å². The van der Waals surface area contributed by atoms with Gasteiger partial charge in [-0.3, -0.25) is 4.79 Å². The van der Waals surface area contributed by atoms with Crippen LogP contribution in [0.3, 0.4) is 0 Å². The zero-order valence-corrected chi connectivity index (χ0v) is 6.52.